The van der Waals surface area contributed by atoms with E-state index in [1.54, 1.807) is 36.4 Å². The number of carbonyl (C=O) groups excluding carboxylic acids is 3. The average molecular weight is 295 g/mol. The van der Waals surface area contributed by atoms with Crippen LogP contribution in [0.15, 0.2) is 36.4 Å². The number of methoxy groups -OCH3 is 1. The number of fused-ring (bicyclic) bond motifs is 2. The zero-order valence-electron chi connectivity index (χ0n) is 12.1. The number of hydrogen-bond acceptors (Lipinski definition) is 4. The van der Waals surface area contributed by atoms with Crippen LogP contribution in [0.25, 0.3) is 0 Å². The maximum atomic E-state index is 12.8. The SMILES string of the molecule is COc1ccc(NC(C)=O)c2c1C(=O)c1ccccc1C2=O. The van der Waals surface area contributed by atoms with Crippen molar-refractivity contribution in [3.63, 3.8) is 0 Å². The van der Waals surface area contributed by atoms with E-state index >= 15 is 0 Å². The second-order valence-electron chi connectivity index (χ2n) is 4.95. The van der Waals surface area contributed by atoms with Gasteiger partial charge in [-0.2, -0.15) is 0 Å². The van der Waals surface area contributed by atoms with Gasteiger partial charge in [-0.1, -0.05) is 24.3 Å². The van der Waals surface area contributed by atoms with E-state index in [0.717, 1.165) is 0 Å². The van der Waals surface area contributed by atoms with Crippen LogP contribution in [0.3, 0.4) is 0 Å². The molecule has 0 atom stereocenters. The molecule has 0 unspecified atom stereocenters. The summed E-state index contributed by atoms with van der Waals surface area (Å²) in [5, 5.41) is 2.60. The first-order valence-corrected chi connectivity index (χ1v) is 6.71. The number of amides is 1. The number of rotatable bonds is 2. The first-order valence-electron chi connectivity index (χ1n) is 6.71. The van der Waals surface area contributed by atoms with Gasteiger partial charge in [-0.05, 0) is 12.1 Å². The second kappa shape index (κ2) is 5.11. The molecule has 0 bridgehead atoms. The summed E-state index contributed by atoms with van der Waals surface area (Å²) in [5.74, 6) is -0.578. The number of hydrogen-bond donors (Lipinski definition) is 1. The topological polar surface area (TPSA) is 72.5 Å². The number of carbonyl (C=O) groups is 3. The zero-order valence-corrected chi connectivity index (χ0v) is 12.1. The lowest BCUT2D eigenvalue weighted by molar-refractivity contribution is -0.114. The Balaban J connectivity index is 2.32. The van der Waals surface area contributed by atoms with Crippen LogP contribution in [-0.2, 0) is 4.79 Å². The Bertz CT molecular complexity index is 823. The van der Waals surface area contributed by atoms with E-state index in [0.29, 0.717) is 22.6 Å². The highest BCUT2D eigenvalue weighted by atomic mass is 16.5. The largest absolute Gasteiger partial charge is 0.496 e. The van der Waals surface area contributed by atoms with Crippen molar-refractivity contribution in [2.45, 2.75) is 6.92 Å². The van der Waals surface area contributed by atoms with Crippen LogP contribution in [-0.4, -0.2) is 24.6 Å². The normalized spacial score (nSPS) is 12.5. The standard InChI is InChI=1S/C17H13NO4/c1-9(19)18-12-7-8-13(22-2)15-14(12)16(20)10-5-3-4-6-11(10)17(15)21/h3-8H,1-2H3,(H,18,19). The Hall–Kier alpha value is -2.95. The monoisotopic (exact) mass is 295 g/mol. The molecule has 2 aromatic carbocycles. The number of anilines is 1. The molecule has 22 heavy (non-hydrogen) atoms. The van der Waals surface area contributed by atoms with Crippen molar-refractivity contribution < 1.29 is 19.1 Å². The van der Waals surface area contributed by atoms with Gasteiger partial charge in [0, 0.05) is 18.1 Å². The lowest BCUT2D eigenvalue weighted by atomic mass is 9.82. The van der Waals surface area contributed by atoms with Gasteiger partial charge in [-0.25, -0.2) is 0 Å². The molecule has 1 aliphatic rings. The van der Waals surface area contributed by atoms with Gasteiger partial charge in [0.05, 0.1) is 23.9 Å². The Labute approximate surface area is 126 Å². The maximum Gasteiger partial charge on any atom is 0.221 e. The van der Waals surface area contributed by atoms with Crippen LogP contribution in [0.1, 0.15) is 38.8 Å². The molecular formula is C17H13NO4. The highest BCUT2D eigenvalue weighted by molar-refractivity contribution is 6.31. The minimum Gasteiger partial charge on any atom is -0.496 e. The van der Waals surface area contributed by atoms with Crippen LogP contribution in [0, 0.1) is 0 Å². The molecule has 5 heteroatoms. The molecule has 5 nitrogen and oxygen atoms in total. The summed E-state index contributed by atoms with van der Waals surface area (Å²) in [7, 11) is 1.44. The van der Waals surface area contributed by atoms with Gasteiger partial charge in [-0.3, -0.25) is 14.4 Å². The number of benzene rings is 2. The van der Waals surface area contributed by atoms with E-state index in [1.807, 2.05) is 0 Å². The summed E-state index contributed by atoms with van der Waals surface area (Å²) >= 11 is 0. The molecule has 0 spiro atoms. The molecule has 0 saturated carbocycles. The minimum absolute atomic E-state index is 0.179. The maximum absolute atomic E-state index is 12.8. The van der Waals surface area contributed by atoms with E-state index in [2.05, 4.69) is 5.32 Å². The van der Waals surface area contributed by atoms with Crippen LogP contribution in [0.4, 0.5) is 5.69 Å². The molecule has 0 aliphatic heterocycles. The van der Waals surface area contributed by atoms with E-state index in [1.165, 1.54) is 14.0 Å². The van der Waals surface area contributed by atoms with Crippen molar-refractivity contribution in [3.8, 4) is 5.75 Å². The quantitative estimate of drug-likeness (QED) is 0.788. The van der Waals surface area contributed by atoms with Crippen LogP contribution in [0.5, 0.6) is 5.75 Å². The summed E-state index contributed by atoms with van der Waals surface area (Å²) in [4.78, 5) is 36.8. The third kappa shape index (κ3) is 1.98. The molecule has 0 heterocycles. The summed E-state index contributed by atoms with van der Waals surface area (Å²) < 4.78 is 5.22. The minimum atomic E-state index is -0.313. The van der Waals surface area contributed by atoms with Crippen molar-refractivity contribution in [2.24, 2.45) is 0 Å². The number of ketones is 2. The molecule has 0 fully saturated rings. The van der Waals surface area contributed by atoms with Crippen LogP contribution in [0.2, 0.25) is 0 Å². The average Bonchev–Trinajstić information content (AvgIpc) is 2.51. The van der Waals surface area contributed by atoms with E-state index < -0.39 is 0 Å². The van der Waals surface area contributed by atoms with Crippen LogP contribution < -0.4 is 10.1 Å². The molecule has 2 aromatic rings. The number of ether oxygens (including phenoxy) is 1. The Morgan fingerprint density at radius 1 is 0.955 bits per heavy atom. The van der Waals surface area contributed by atoms with Crippen molar-refractivity contribution in [2.75, 3.05) is 12.4 Å². The Morgan fingerprint density at radius 3 is 2.09 bits per heavy atom. The van der Waals surface area contributed by atoms with Gasteiger partial charge in [0.25, 0.3) is 0 Å². The van der Waals surface area contributed by atoms with Gasteiger partial charge < -0.3 is 10.1 Å². The third-order valence-corrected chi connectivity index (χ3v) is 3.57. The lowest BCUT2D eigenvalue weighted by Crippen LogP contribution is -2.24. The highest BCUT2D eigenvalue weighted by Gasteiger charge is 2.34. The van der Waals surface area contributed by atoms with E-state index in [9.17, 15) is 14.4 Å². The van der Waals surface area contributed by atoms with E-state index in [4.69, 9.17) is 4.74 Å². The molecule has 0 radical (unpaired) electrons. The summed E-state index contributed by atoms with van der Waals surface area (Å²) in [6.07, 6.45) is 0. The Morgan fingerprint density at radius 2 is 1.55 bits per heavy atom. The fourth-order valence-corrected chi connectivity index (χ4v) is 2.66. The first-order chi connectivity index (χ1) is 10.5. The predicted octanol–water partition coefficient (Wildman–Crippen LogP) is 2.43. The molecular weight excluding hydrogens is 282 g/mol. The fourth-order valence-electron chi connectivity index (χ4n) is 2.66. The van der Waals surface area contributed by atoms with Crippen molar-refractivity contribution in [1.29, 1.82) is 0 Å². The summed E-state index contributed by atoms with van der Waals surface area (Å²) in [5.41, 5.74) is 1.37. The molecule has 1 aliphatic carbocycles. The number of nitrogens with one attached hydrogen (secondary N) is 1. The molecule has 0 saturated heterocycles. The van der Waals surface area contributed by atoms with Gasteiger partial charge in [0.2, 0.25) is 5.91 Å². The van der Waals surface area contributed by atoms with Gasteiger partial charge in [-0.15, -0.1) is 0 Å². The molecule has 1 amide bonds. The molecule has 3 rings (SSSR count). The van der Waals surface area contributed by atoms with Gasteiger partial charge in [0.1, 0.15) is 5.75 Å². The van der Waals surface area contributed by atoms with Gasteiger partial charge >= 0.3 is 0 Å². The van der Waals surface area contributed by atoms with Crippen LogP contribution >= 0.6 is 0 Å². The summed E-state index contributed by atoms with van der Waals surface area (Å²) in [6, 6.07) is 9.77. The van der Waals surface area contributed by atoms with Crippen molar-refractivity contribution in [3.05, 3.63) is 58.7 Å². The fraction of sp³-hybridized carbons (Fsp3) is 0.118. The molecule has 110 valence electrons. The third-order valence-electron chi connectivity index (χ3n) is 3.57. The lowest BCUT2D eigenvalue weighted by Gasteiger charge is -2.22. The highest BCUT2D eigenvalue weighted by Crippen LogP contribution is 2.37. The smallest absolute Gasteiger partial charge is 0.221 e. The van der Waals surface area contributed by atoms with E-state index in [-0.39, 0.29) is 28.6 Å². The first kappa shape index (κ1) is 14.0. The molecule has 0 aromatic heterocycles. The summed E-state index contributed by atoms with van der Waals surface area (Å²) in [6.45, 7) is 1.35. The molecule has 1 N–H and O–H groups in total. The predicted molar refractivity (Wildman–Crippen MR) is 80.6 cm³/mol. The second-order valence-corrected chi connectivity index (χ2v) is 4.95. The Kier molecular flexibility index (Phi) is 3.25. The van der Waals surface area contributed by atoms with Crippen molar-refractivity contribution >= 4 is 23.2 Å². The zero-order chi connectivity index (χ0) is 15.9. The van der Waals surface area contributed by atoms with Gasteiger partial charge in [0.15, 0.2) is 11.6 Å². The van der Waals surface area contributed by atoms with Crippen molar-refractivity contribution in [1.82, 2.24) is 0 Å².